The summed E-state index contributed by atoms with van der Waals surface area (Å²) in [6.45, 7) is -0.714. The van der Waals surface area contributed by atoms with Crippen molar-refractivity contribution < 1.29 is 205 Å². The van der Waals surface area contributed by atoms with Crippen LogP contribution in [0.5, 0.6) is 0 Å². The summed E-state index contributed by atoms with van der Waals surface area (Å²) in [5, 5.41) is 61.1. The molecule has 0 fully saturated rings. The molecule has 0 amide bonds. The number of sulfone groups is 2. The molecular weight excluding hydrogens is 1120 g/mol. The minimum Gasteiger partial charge on any atom is -0.744 e. The number of nitrogens with zero attached hydrogens (tertiary/aromatic N) is 7. The molecular formula is C31H26FN11Na4O18S6. The van der Waals surface area contributed by atoms with Gasteiger partial charge < -0.3 is 42.4 Å². The maximum Gasteiger partial charge on any atom is 1.00 e. The quantitative estimate of drug-likeness (QED) is 0.00584. The van der Waals surface area contributed by atoms with Crippen LogP contribution in [0.2, 0.25) is 0 Å². The Kier molecular flexibility index (Phi) is 31.4. The van der Waals surface area contributed by atoms with Gasteiger partial charge in [-0.2, -0.15) is 28.8 Å². The van der Waals surface area contributed by atoms with Gasteiger partial charge in [0.15, 0.2) is 44.3 Å². The van der Waals surface area contributed by atoms with Gasteiger partial charge in [0, 0.05) is 11.4 Å². The van der Waals surface area contributed by atoms with E-state index in [1.807, 2.05) is 0 Å². The molecule has 0 aliphatic rings. The molecule has 0 aliphatic heterocycles. The van der Waals surface area contributed by atoms with Crippen LogP contribution < -0.4 is 156 Å². The number of benzene rings is 4. The second kappa shape index (κ2) is 32.9. The normalized spacial score (nSPS) is 11.6. The third kappa shape index (κ3) is 21.3. The summed E-state index contributed by atoms with van der Waals surface area (Å²) in [6.07, 6.45) is -1.26. The maximum atomic E-state index is 14.6. The van der Waals surface area contributed by atoms with Crippen LogP contribution in [0.1, 0.15) is 0 Å². The molecule has 0 bridgehead atoms. The van der Waals surface area contributed by atoms with Crippen LogP contribution in [0.15, 0.2) is 113 Å². The van der Waals surface area contributed by atoms with E-state index in [1.54, 1.807) is 0 Å². The van der Waals surface area contributed by atoms with Crippen LogP contribution in [-0.2, 0) is 66.3 Å². The number of nitrogen functional groups attached to an aromatic ring is 2. The van der Waals surface area contributed by atoms with Crippen molar-refractivity contribution in [2.24, 2.45) is 20.5 Å². The number of anilines is 6. The van der Waals surface area contributed by atoms with Crippen molar-refractivity contribution in [3.63, 3.8) is 0 Å². The van der Waals surface area contributed by atoms with Gasteiger partial charge in [-0.3, -0.25) is 23.5 Å². The fourth-order valence-corrected chi connectivity index (χ4v) is 8.76. The standard InChI is InChI=1S/C31H30FN11O18S6.4Na/c32-29-37-30(35-17-1-6-20(7-2-17)65(47,48)13-11-54-63-60-57-45)39-31(38-29)36-19-5-10-24(62-59-56-44)22(15-19)41-43-28-26(33)23(16-25(27(28)34)67(51,52)53)42-40-18-3-8-21(9-4-18)66(49,50)14-12-55-64-61-58-46;;;;/h1-10,15-16,44-46H,11-14,33-34H2,(H,51,52,53)(H2,35,36,37,38,39);;;;/q;4*+1/p-4. The third-order valence-electron chi connectivity index (χ3n) is 7.84. The van der Waals surface area contributed by atoms with E-state index in [2.05, 4.69) is 74.2 Å². The van der Waals surface area contributed by atoms with E-state index in [9.17, 15) is 50.0 Å². The summed E-state index contributed by atoms with van der Waals surface area (Å²) in [6, 6.07) is 14.6. The fourth-order valence-electron chi connectivity index (χ4n) is 4.91. The molecule has 5 rings (SSSR count). The van der Waals surface area contributed by atoms with E-state index < -0.39 is 75.0 Å². The predicted molar refractivity (Wildman–Crippen MR) is 221 cm³/mol. The molecule has 4 aromatic carbocycles. The molecule has 71 heavy (non-hydrogen) atoms. The molecule has 360 valence electrons. The molecule has 29 nitrogen and oxygen atoms in total. The van der Waals surface area contributed by atoms with Crippen molar-refractivity contribution in [2.75, 3.05) is 46.8 Å². The minimum atomic E-state index is -5.32. The predicted octanol–water partition coefficient (Wildman–Crippen LogP) is -9.20. The van der Waals surface area contributed by atoms with Gasteiger partial charge in [0.1, 0.15) is 27.2 Å². The third-order valence-corrected chi connectivity index (χ3v) is 13.5. The molecule has 6 N–H and O–H groups in total. The van der Waals surface area contributed by atoms with Crippen LogP contribution in [0, 0.1) is 6.08 Å². The van der Waals surface area contributed by atoms with Crippen LogP contribution in [-0.4, -0.2) is 69.5 Å². The van der Waals surface area contributed by atoms with Gasteiger partial charge in [-0.1, -0.05) is 0 Å². The number of halogens is 1. The maximum absolute atomic E-state index is 14.6. The Morgan fingerprint density at radius 1 is 0.606 bits per heavy atom. The van der Waals surface area contributed by atoms with Crippen molar-refractivity contribution in [1.29, 1.82) is 0 Å². The molecule has 0 unspecified atom stereocenters. The monoisotopic (exact) mass is 1140 g/mol. The van der Waals surface area contributed by atoms with Gasteiger partial charge in [0.05, 0.1) is 73.4 Å². The van der Waals surface area contributed by atoms with Crippen LogP contribution >= 0.6 is 36.7 Å². The number of rotatable bonds is 26. The van der Waals surface area contributed by atoms with E-state index in [0.717, 1.165) is 6.07 Å². The number of hydrogen-bond acceptors (Lipinski definition) is 32. The minimum absolute atomic E-state index is 0. The van der Waals surface area contributed by atoms with E-state index in [4.69, 9.17) is 19.8 Å². The fraction of sp³-hybridized carbons (Fsp3) is 0.129. The summed E-state index contributed by atoms with van der Waals surface area (Å²) in [5.74, 6) is -1.70. The van der Waals surface area contributed by atoms with Gasteiger partial charge in [0.2, 0.25) is 11.9 Å². The first-order valence-corrected chi connectivity index (χ1v) is 24.1. The van der Waals surface area contributed by atoms with Crippen molar-refractivity contribution in [1.82, 2.24) is 15.0 Å². The Morgan fingerprint density at radius 2 is 1.10 bits per heavy atom. The van der Waals surface area contributed by atoms with E-state index >= 15 is 0 Å². The second-order valence-corrected chi connectivity index (χ2v) is 19.4. The second-order valence-electron chi connectivity index (χ2n) is 12.0. The molecule has 0 atom stereocenters. The molecule has 0 radical (unpaired) electrons. The molecule has 5 aromatic rings. The van der Waals surface area contributed by atoms with Gasteiger partial charge in [-0.25, -0.2) is 25.3 Å². The summed E-state index contributed by atoms with van der Waals surface area (Å²) in [5.41, 5.74) is 10.2. The zero-order chi connectivity index (χ0) is 48.6. The average molecular weight is 1140 g/mol. The smallest absolute Gasteiger partial charge is 0.744 e. The summed E-state index contributed by atoms with van der Waals surface area (Å²) >= 11 is 0.634. The van der Waals surface area contributed by atoms with Gasteiger partial charge in [0.25, 0.3) is 0 Å². The molecule has 1 aromatic heterocycles. The zero-order valence-corrected chi connectivity index (χ0v) is 49.6. The zero-order valence-electron chi connectivity index (χ0n) is 36.7. The van der Waals surface area contributed by atoms with Crippen molar-refractivity contribution in [3.05, 3.63) is 78.9 Å². The SMILES string of the molecule is Nc1c(N=Nc2ccc(S(=O)(=O)CCOSOO[O-])cc2)cc(S(=O)(=O)[O-])c(N)c1N=Nc1cc(Nc2nc(F)nc(Nc3ccc(S(=O)(=O)CCOSOO[O-])cc3)n2)ccc1SOO[O-].[Na+].[Na+].[Na+].[Na+]. The number of azo groups is 2. The molecule has 0 aliphatic carbocycles. The Labute approximate surface area is 502 Å². The van der Waals surface area contributed by atoms with Crippen LogP contribution in [0.25, 0.3) is 0 Å². The number of aromatic nitrogens is 3. The largest absolute Gasteiger partial charge is 1.00 e. The number of nitrogens with one attached hydrogen (secondary N) is 2. The van der Waals surface area contributed by atoms with Crippen molar-refractivity contribution in [2.45, 2.75) is 19.6 Å². The van der Waals surface area contributed by atoms with Crippen molar-refractivity contribution in [3.8, 4) is 0 Å². The van der Waals surface area contributed by atoms with Crippen molar-refractivity contribution >= 4 is 124 Å². The first-order valence-electron chi connectivity index (χ1n) is 17.3. The van der Waals surface area contributed by atoms with E-state index in [-0.39, 0.29) is 205 Å². The molecule has 0 spiro atoms. The summed E-state index contributed by atoms with van der Waals surface area (Å²) in [7, 11) is -13.0. The number of nitrogens with two attached hydrogens (primary N) is 2. The molecule has 1 heterocycles. The molecule has 40 heteroatoms. The first kappa shape index (κ1) is 67.7. The van der Waals surface area contributed by atoms with Gasteiger partial charge >= 0.3 is 124 Å². The first-order chi connectivity index (χ1) is 31.9. The average Bonchev–Trinajstić information content (AvgIpc) is 3.28. The van der Waals surface area contributed by atoms with E-state index in [0.29, 0.717) is 12.0 Å². The van der Waals surface area contributed by atoms with E-state index in [1.165, 1.54) is 66.7 Å². The Balaban J connectivity index is 0.00000630. The molecule has 0 saturated heterocycles. The Bertz CT molecular complexity index is 2920. The van der Waals surface area contributed by atoms with Crippen LogP contribution in [0.3, 0.4) is 0 Å². The van der Waals surface area contributed by atoms with Gasteiger partial charge in [-0.05, 0) is 72.8 Å². The van der Waals surface area contributed by atoms with Crippen LogP contribution in [0.4, 0.5) is 61.8 Å². The topological polar surface area (TPSA) is 433 Å². The molecule has 0 saturated carbocycles. The van der Waals surface area contributed by atoms with Gasteiger partial charge in [-0.15, -0.1) is 24.0 Å². The Morgan fingerprint density at radius 3 is 1.62 bits per heavy atom. The Hall–Kier alpha value is -1.36. The summed E-state index contributed by atoms with van der Waals surface area (Å²) in [4.78, 5) is 10.0. The number of hydrogen-bond donors (Lipinski definition) is 4. The summed E-state index contributed by atoms with van der Waals surface area (Å²) < 4.78 is 123.